The Kier molecular flexibility index (Phi) is 4.71. The molecule has 1 heterocycles. The van der Waals surface area contributed by atoms with Gasteiger partial charge in [-0.25, -0.2) is 9.36 Å². The molecule has 0 N–H and O–H groups in total. The molecule has 0 bridgehead atoms. The second-order valence-electron chi connectivity index (χ2n) is 4.81. The van der Waals surface area contributed by atoms with Crippen LogP contribution in [-0.2, 0) is 17.9 Å². The van der Waals surface area contributed by atoms with E-state index in [0.717, 1.165) is 12.1 Å². The van der Waals surface area contributed by atoms with Gasteiger partial charge in [0.25, 0.3) is 0 Å². The summed E-state index contributed by atoms with van der Waals surface area (Å²) in [6.07, 6.45) is 3.66. The lowest BCUT2D eigenvalue weighted by atomic mass is 10.2. The smallest absolute Gasteiger partial charge is 0.409 e. The maximum Gasteiger partial charge on any atom is 0.409 e. The third-order valence-corrected chi connectivity index (χ3v) is 2.90. The van der Waals surface area contributed by atoms with E-state index in [-0.39, 0.29) is 6.09 Å². The lowest BCUT2D eigenvalue weighted by molar-refractivity contribution is -0.688. The number of rotatable bonds is 4. The average Bonchev–Trinajstić information content (AvgIpc) is 2.47. The molecule has 1 aromatic carbocycles. The van der Waals surface area contributed by atoms with Gasteiger partial charge in [-0.2, -0.15) is 0 Å². The van der Waals surface area contributed by atoms with E-state index in [1.807, 2.05) is 42.7 Å². The first-order valence-electron chi connectivity index (χ1n) is 6.51. The van der Waals surface area contributed by atoms with Crippen molar-refractivity contribution in [2.45, 2.75) is 13.2 Å². The molecule has 0 aliphatic heterocycles. The molecule has 0 unspecified atom stereocenters. The molecule has 0 saturated carbocycles. The zero-order valence-electron chi connectivity index (χ0n) is 11.8. The first kappa shape index (κ1) is 14.1. The van der Waals surface area contributed by atoms with Crippen molar-refractivity contribution in [1.29, 1.82) is 0 Å². The number of nitrogens with zero attached hydrogens (tertiary/aromatic N) is 2. The van der Waals surface area contributed by atoms with Gasteiger partial charge in [-0.05, 0) is 0 Å². The zero-order chi connectivity index (χ0) is 14.4. The van der Waals surface area contributed by atoms with Crippen LogP contribution in [0.5, 0.6) is 0 Å². The number of pyridine rings is 1. The van der Waals surface area contributed by atoms with Crippen molar-refractivity contribution in [2.24, 2.45) is 0 Å². The highest BCUT2D eigenvalue weighted by atomic mass is 16.6. The highest BCUT2D eigenvalue weighted by Crippen LogP contribution is 2.01. The van der Waals surface area contributed by atoms with E-state index in [1.165, 1.54) is 10.5 Å². The van der Waals surface area contributed by atoms with Crippen molar-refractivity contribution >= 4 is 6.09 Å². The van der Waals surface area contributed by atoms with Crippen molar-refractivity contribution in [3.05, 3.63) is 66.0 Å². The van der Waals surface area contributed by atoms with Crippen LogP contribution in [0.3, 0.4) is 0 Å². The van der Waals surface area contributed by atoms with E-state index in [2.05, 4.69) is 16.7 Å². The van der Waals surface area contributed by atoms with Crippen LogP contribution < -0.4 is 4.57 Å². The molecule has 0 aliphatic carbocycles. The summed E-state index contributed by atoms with van der Waals surface area (Å²) in [5, 5.41) is 0. The summed E-state index contributed by atoms with van der Waals surface area (Å²) < 4.78 is 7.22. The molecule has 0 atom stereocenters. The number of aromatic nitrogens is 1. The Morgan fingerprint density at radius 1 is 1.05 bits per heavy atom. The third-order valence-electron chi connectivity index (χ3n) is 2.90. The fourth-order valence-corrected chi connectivity index (χ4v) is 1.76. The van der Waals surface area contributed by atoms with Crippen molar-refractivity contribution in [1.82, 2.24) is 4.90 Å². The van der Waals surface area contributed by atoms with Gasteiger partial charge in [-0.15, -0.1) is 0 Å². The molecule has 4 nitrogen and oxygen atoms in total. The summed E-state index contributed by atoms with van der Waals surface area (Å²) in [4.78, 5) is 12.7. The lowest BCUT2D eigenvalue weighted by Gasteiger charge is -2.10. The number of carbonyl (C=O) groups excluding carboxylic acids is 1. The maximum absolute atomic E-state index is 11.3. The molecule has 1 aromatic heterocycles. The quantitative estimate of drug-likeness (QED) is 0.799. The van der Waals surface area contributed by atoms with Crippen molar-refractivity contribution in [3.63, 3.8) is 0 Å². The van der Waals surface area contributed by atoms with Gasteiger partial charge in [0, 0.05) is 37.4 Å². The minimum atomic E-state index is -0.328. The SMILES string of the molecule is CN(C)C(=O)OCc1cc[n+](Cc2ccccc2)cc1. The largest absolute Gasteiger partial charge is 0.445 e. The minimum Gasteiger partial charge on any atom is -0.445 e. The molecule has 1 amide bonds. The molecule has 20 heavy (non-hydrogen) atoms. The van der Waals surface area contributed by atoms with Crippen molar-refractivity contribution in [2.75, 3.05) is 14.1 Å². The van der Waals surface area contributed by atoms with Crippen molar-refractivity contribution < 1.29 is 14.1 Å². The highest BCUT2D eigenvalue weighted by molar-refractivity contribution is 5.66. The Labute approximate surface area is 119 Å². The Balaban J connectivity index is 1.91. The molecular formula is C16H19N2O2+. The van der Waals surface area contributed by atoms with E-state index in [1.54, 1.807) is 14.1 Å². The number of ether oxygens (including phenoxy) is 1. The van der Waals surface area contributed by atoms with E-state index in [9.17, 15) is 4.79 Å². The van der Waals surface area contributed by atoms with Gasteiger partial charge in [0.1, 0.15) is 6.61 Å². The number of benzene rings is 1. The van der Waals surface area contributed by atoms with Gasteiger partial charge in [0.05, 0.1) is 0 Å². The van der Waals surface area contributed by atoms with Crippen LogP contribution in [0.25, 0.3) is 0 Å². The number of carbonyl (C=O) groups is 1. The summed E-state index contributed by atoms with van der Waals surface area (Å²) in [6, 6.07) is 14.2. The number of hydrogen-bond acceptors (Lipinski definition) is 2. The Morgan fingerprint density at radius 2 is 1.70 bits per heavy atom. The fraction of sp³-hybridized carbons (Fsp3) is 0.250. The first-order chi connectivity index (χ1) is 9.65. The van der Waals surface area contributed by atoms with Crippen molar-refractivity contribution in [3.8, 4) is 0 Å². The molecule has 2 rings (SSSR count). The summed E-state index contributed by atoms with van der Waals surface area (Å²) in [5.74, 6) is 0. The maximum atomic E-state index is 11.3. The summed E-state index contributed by atoms with van der Waals surface area (Å²) >= 11 is 0. The van der Waals surface area contributed by atoms with E-state index < -0.39 is 0 Å². The molecule has 4 heteroatoms. The van der Waals surface area contributed by atoms with Crippen LogP contribution in [0.4, 0.5) is 4.79 Å². The number of amides is 1. The van der Waals surface area contributed by atoms with E-state index in [0.29, 0.717) is 6.61 Å². The third kappa shape index (κ3) is 4.09. The summed E-state index contributed by atoms with van der Waals surface area (Å²) in [6.45, 7) is 1.13. The second kappa shape index (κ2) is 6.70. The molecule has 2 aromatic rings. The van der Waals surface area contributed by atoms with Gasteiger partial charge in [-0.1, -0.05) is 30.3 Å². The second-order valence-corrected chi connectivity index (χ2v) is 4.81. The lowest BCUT2D eigenvalue weighted by Crippen LogP contribution is -2.33. The molecule has 0 spiro atoms. The molecule has 104 valence electrons. The van der Waals surface area contributed by atoms with Gasteiger partial charge < -0.3 is 9.64 Å². The predicted octanol–water partition coefficient (Wildman–Crippen LogP) is 2.22. The Morgan fingerprint density at radius 3 is 2.30 bits per heavy atom. The van der Waals surface area contributed by atoms with Crippen LogP contribution in [0.2, 0.25) is 0 Å². The minimum absolute atomic E-state index is 0.295. The van der Waals surface area contributed by atoms with Crippen LogP contribution in [-0.4, -0.2) is 25.1 Å². The standard InChI is InChI=1S/C16H19N2O2/c1-17(2)16(19)20-13-15-8-10-18(11-9-15)12-14-6-4-3-5-7-14/h3-11H,12-13H2,1-2H3/q+1. The van der Waals surface area contributed by atoms with Gasteiger partial charge in [0.15, 0.2) is 18.9 Å². The summed E-state index contributed by atoms with van der Waals surface area (Å²) in [5.41, 5.74) is 2.23. The predicted molar refractivity (Wildman–Crippen MR) is 76.1 cm³/mol. The molecule has 0 radical (unpaired) electrons. The molecule has 0 fully saturated rings. The van der Waals surface area contributed by atoms with Crippen LogP contribution >= 0.6 is 0 Å². The fourth-order valence-electron chi connectivity index (χ4n) is 1.76. The van der Waals surface area contributed by atoms with Gasteiger partial charge >= 0.3 is 6.09 Å². The zero-order valence-corrected chi connectivity index (χ0v) is 11.8. The van der Waals surface area contributed by atoms with Crippen LogP contribution in [0.15, 0.2) is 54.9 Å². The van der Waals surface area contributed by atoms with Gasteiger partial charge in [-0.3, -0.25) is 0 Å². The highest BCUT2D eigenvalue weighted by Gasteiger charge is 2.06. The van der Waals surface area contributed by atoms with Crippen LogP contribution in [0.1, 0.15) is 11.1 Å². The normalized spacial score (nSPS) is 10.1. The molecule has 0 saturated heterocycles. The number of hydrogen-bond donors (Lipinski definition) is 0. The van der Waals surface area contributed by atoms with E-state index >= 15 is 0 Å². The Bertz CT molecular complexity index is 550. The average molecular weight is 271 g/mol. The molecular weight excluding hydrogens is 252 g/mol. The molecule has 0 aliphatic rings. The first-order valence-corrected chi connectivity index (χ1v) is 6.51. The topological polar surface area (TPSA) is 33.4 Å². The monoisotopic (exact) mass is 271 g/mol. The summed E-state index contributed by atoms with van der Waals surface area (Å²) in [7, 11) is 3.34. The Hall–Kier alpha value is -2.36. The van der Waals surface area contributed by atoms with Gasteiger partial charge in [0.2, 0.25) is 0 Å². The van der Waals surface area contributed by atoms with E-state index in [4.69, 9.17) is 4.74 Å². The van der Waals surface area contributed by atoms with Crippen LogP contribution in [0, 0.1) is 0 Å².